The fraction of sp³-hybridized carbons (Fsp3) is 0.263. The van der Waals surface area contributed by atoms with Crippen LogP contribution in [-0.2, 0) is 4.79 Å². The minimum atomic E-state index is -0.283. The van der Waals surface area contributed by atoms with Gasteiger partial charge in [-0.25, -0.2) is 5.43 Å². The number of amides is 1. The first-order valence-electron chi connectivity index (χ1n) is 8.05. The van der Waals surface area contributed by atoms with Crippen LogP contribution in [0.25, 0.3) is 0 Å². The number of nitrogens with zero attached hydrogens (tertiary/aromatic N) is 1. The van der Waals surface area contributed by atoms with Gasteiger partial charge in [0.1, 0.15) is 5.75 Å². The van der Waals surface area contributed by atoms with Crippen LogP contribution in [0.4, 0.5) is 0 Å². The second-order valence-electron chi connectivity index (χ2n) is 5.64. The molecule has 1 heterocycles. The average molecular weight is 373 g/mol. The number of hydrogen-bond acceptors (Lipinski definition) is 5. The van der Waals surface area contributed by atoms with Crippen molar-refractivity contribution in [3.63, 3.8) is 0 Å². The van der Waals surface area contributed by atoms with Crippen LogP contribution in [0.5, 0.6) is 5.75 Å². The first-order chi connectivity index (χ1) is 12.2. The number of hydrazone groups is 1. The van der Waals surface area contributed by atoms with E-state index in [1.165, 1.54) is 17.1 Å². The maximum atomic E-state index is 11.8. The van der Waals surface area contributed by atoms with E-state index in [0.717, 1.165) is 11.1 Å². The topological polar surface area (TPSA) is 50.7 Å². The monoisotopic (exact) mass is 372 g/mol. The molecule has 25 heavy (non-hydrogen) atoms. The van der Waals surface area contributed by atoms with E-state index in [1.807, 2.05) is 66.8 Å². The molecule has 0 spiro atoms. The number of carbonyl (C=O) groups excluding carboxylic acids is 1. The van der Waals surface area contributed by atoms with Crippen molar-refractivity contribution >= 4 is 35.6 Å². The van der Waals surface area contributed by atoms with Gasteiger partial charge in [-0.05, 0) is 30.2 Å². The van der Waals surface area contributed by atoms with Gasteiger partial charge in [0.05, 0.1) is 10.8 Å². The fourth-order valence-electron chi connectivity index (χ4n) is 2.38. The molecule has 6 heteroatoms. The lowest BCUT2D eigenvalue weighted by Gasteiger charge is -2.10. The Balaban J connectivity index is 1.44. The molecule has 0 aromatic heterocycles. The lowest BCUT2D eigenvalue weighted by molar-refractivity contribution is -0.123. The maximum Gasteiger partial charge on any atom is 0.277 e. The van der Waals surface area contributed by atoms with Gasteiger partial charge in [-0.3, -0.25) is 4.79 Å². The molecule has 0 radical (unpaired) electrons. The van der Waals surface area contributed by atoms with E-state index in [1.54, 1.807) is 6.21 Å². The molecule has 0 atom stereocenters. The minimum Gasteiger partial charge on any atom is -0.484 e. The van der Waals surface area contributed by atoms with Crippen molar-refractivity contribution in [1.29, 1.82) is 0 Å². The Bertz CT molecular complexity index is 741. The fourth-order valence-corrected chi connectivity index (χ4v) is 5.24. The summed E-state index contributed by atoms with van der Waals surface area (Å²) in [6.07, 6.45) is 1.62. The van der Waals surface area contributed by atoms with Gasteiger partial charge in [-0.1, -0.05) is 42.0 Å². The highest BCUT2D eigenvalue weighted by atomic mass is 32.2. The molecule has 4 nitrogen and oxygen atoms in total. The molecule has 2 aromatic carbocycles. The number of hydrogen-bond donors (Lipinski definition) is 1. The maximum absolute atomic E-state index is 11.8. The van der Waals surface area contributed by atoms with Crippen LogP contribution < -0.4 is 10.2 Å². The van der Waals surface area contributed by atoms with Gasteiger partial charge in [0.2, 0.25) is 0 Å². The standard InChI is InChI=1S/C19H20N2O2S2/c1-14-3-2-4-15(11-14)12-20-21-18(22)13-23-17-7-5-16(6-8-17)19-24-9-10-25-19/h2-8,11-12,19H,9-10,13H2,1H3,(H,21,22)/b20-12-. The predicted molar refractivity (Wildman–Crippen MR) is 107 cm³/mol. The lowest BCUT2D eigenvalue weighted by Crippen LogP contribution is -2.24. The highest BCUT2D eigenvalue weighted by Gasteiger charge is 2.17. The molecule has 0 saturated carbocycles. The summed E-state index contributed by atoms with van der Waals surface area (Å²) >= 11 is 3.94. The molecular formula is C19H20N2O2S2. The molecule has 1 saturated heterocycles. The molecule has 1 amide bonds. The largest absolute Gasteiger partial charge is 0.484 e. The normalized spacial score (nSPS) is 14.8. The summed E-state index contributed by atoms with van der Waals surface area (Å²) in [5.41, 5.74) is 5.87. The molecule has 0 aliphatic carbocycles. The predicted octanol–water partition coefficient (Wildman–Crippen LogP) is 4.00. The van der Waals surface area contributed by atoms with Crippen molar-refractivity contribution in [2.24, 2.45) is 5.10 Å². The van der Waals surface area contributed by atoms with Gasteiger partial charge < -0.3 is 4.74 Å². The molecule has 1 fully saturated rings. The molecule has 0 unspecified atom stereocenters. The van der Waals surface area contributed by atoms with Crippen LogP contribution in [0.2, 0.25) is 0 Å². The smallest absolute Gasteiger partial charge is 0.277 e. The number of nitrogens with one attached hydrogen (secondary N) is 1. The molecule has 3 rings (SSSR count). The first-order valence-corrected chi connectivity index (χ1v) is 10.1. The summed E-state index contributed by atoms with van der Waals surface area (Å²) in [5.74, 6) is 2.82. The van der Waals surface area contributed by atoms with Crippen LogP contribution in [0, 0.1) is 6.92 Å². The van der Waals surface area contributed by atoms with E-state index in [2.05, 4.69) is 22.7 Å². The summed E-state index contributed by atoms with van der Waals surface area (Å²) in [4.78, 5) is 11.8. The van der Waals surface area contributed by atoms with Crippen LogP contribution in [0.15, 0.2) is 53.6 Å². The second-order valence-corrected chi connectivity index (χ2v) is 8.36. The highest BCUT2D eigenvalue weighted by molar-refractivity contribution is 8.19. The van der Waals surface area contributed by atoms with Gasteiger partial charge in [0, 0.05) is 11.5 Å². The Morgan fingerprint density at radius 3 is 2.72 bits per heavy atom. The third-order valence-corrected chi connectivity index (χ3v) is 6.69. The van der Waals surface area contributed by atoms with Crippen molar-refractivity contribution in [2.45, 2.75) is 11.5 Å². The minimum absolute atomic E-state index is 0.0581. The molecule has 2 aromatic rings. The van der Waals surface area contributed by atoms with Gasteiger partial charge >= 0.3 is 0 Å². The van der Waals surface area contributed by atoms with Gasteiger partial charge in [0.25, 0.3) is 5.91 Å². The zero-order chi connectivity index (χ0) is 17.5. The number of aryl methyl sites for hydroxylation is 1. The number of thioether (sulfide) groups is 2. The lowest BCUT2D eigenvalue weighted by atomic mass is 10.2. The van der Waals surface area contributed by atoms with Crippen LogP contribution in [0.1, 0.15) is 21.3 Å². The highest BCUT2D eigenvalue weighted by Crippen LogP contribution is 2.45. The van der Waals surface area contributed by atoms with Crippen molar-refractivity contribution in [3.8, 4) is 5.75 Å². The molecular weight excluding hydrogens is 352 g/mol. The Hall–Kier alpha value is -1.92. The molecule has 130 valence electrons. The second kappa shape index (κ2) is 8.97. The summed E-state index contributed by atoms with van der Waals surface area (Å²) < 4.78 is 6.03. The third kappa shape index (κ3) is 5.54. The molecule has 0 bridgehead atoms. The van der Waals surface area contributed by atoms with E-state index in [-0.39, 0.29) is 12.5 Å². The Labute approximate surface area is 156 Å². The summed E-state index contributed by atoms with van der Waals surface area (Å²) in [6, 6.07) is 15.9. The average Bonchev–Trinajstić information content (AvgIpc) is 3.15. The number of rotatable bonds is 6. The van der Waals surface area contributed by atoms with Crippen molar-refractivity contribution in [1.82, 2.24) is 5.43 Å². The Morgan fingerprint density at radius 1 is 1.24 bits per heavy atom. The SMILES string of the molecule is Cc1cccc(/C=N\NC(=O)COc2ccc(C3SCCS3)cc2)c1. The summed E-state index contributed by atoms with van der Waals surface area (Å²) in [5, 5.41) is 3.95. The Kier molecular flexibility index (Phi) is 6.42. The van der Waals surface area contributed by atoms with Crippen LogP contribution in [-0.4, -0.2) is 30.2 Å². The Morgan fingerprint density at radius 2 is 2.00 bits per heavy atom. The van der Waals surface area contributed by atoms with Crippen molar-refractivity contribution in [2.75, 3.05) is 18.1 Å². The van der Waals surface area contributed by atoms with E-state index < -0.39 is 0 Å². The molecule has 1 aliphatic rings. The van der Waals surface area contributed by atoms with Gasteiger partial charge in [-0.2, -0.15) is 5.10 Å². The van der Waals surface area contributed by atoms with Gasteiger partial charge in [-0.15, -0.1) is 23.5 Å². The van der Waals surface area contributed by atoms with E-state index >= 15 is 0 Å². The first kappa shape index (κ1) is 17.9. The third-order valence-electron chi connectivity index (χ3n) is 3.59. The summed E-state index contributed by atoms with van der Waals surface area (Å²) in [7, 11) is 0. The van der Waals surface area contributed by atoms with Gasteiger partial charge in [0.15, 0.2) is 6.61 Å². The number of carbonyl (C=O) groups is 1. The zero-order valence-electron chi connectivity index (χ0n) is 14.0. The van der Waals surface area contributed by atoms with Crippen LogP contribution in [0.3, 0.4) is 0 Å². The van der Waals surface area contributed by atoms with E-state index in [4.69, 9.17) is 4.74 Å². The molecule has 1 N–H and O–H groups in total. The van der Waals surface area contributed by atoms with Crippen molar-refractivity contribution in [3.05, 3.63) is 65.2 Å². The van der Waals surface area contributed by atoms with Crippen molar-refractivity contribution < 1.29 is 9.53 Å². The number of benzene rings is 2. The number of ether oxygens (including phenoxy) is 1. The van der Waals surface area contributed by atoms with Crippen LogP contribution >= 0.6 is 23.5 Å². The van der Waals surface area contributed by atoms with E-state index in [9.17, 15) is 4.79 Å². The zero-order valence-corrected chi connectivity index (χ0v) is 15.6. The van der Waals surface area contributed by atoms with E-state index in [0.29, 0.717) is 10.3 Å². The quantitative estimate of drug-likeness (QED) is 0.615. The molecule has 1 aliphatic heterocycles. The summed E-state index contributed by atoms with van der Waals surface area (Å²) in [6.45, 7) is 1.95.